The first-order valence-corrected chi connectivity index (χ1v) is 14.2. The molecule has 0 aliphatic carbocycles. The Morgan fingerprint density at radius 2 is 1.81 bits per heavy atom. The van der Waals surface area contributed by atoms with Gasteiger partial charge < -0.3 is 4.74 Å². The van der Waals surface area contributed by atoms with Crippen LogP contribution in [0.4, 0.5) is 0 Å². The van der Waals surface area contributed by atoms with Gasteiger partial charge >= 0.3 is 5.97 Å². The van der Waals surface area contributed by atoms with Crippen molar-refractivity contribution in [3.63, 3.8) is 0 Å². The molecule has 0 saturated carbocycles. The topological polar surface area (TPSA) is 97.8 Å². The maximum Gasteiger partial charge on any atom is 0.310 e. The molecule has 3 atom stereocenters. The number of ether oxygens (including phenoxy) is 1. The molecule has 0 bridgehead atoms. The summed E-state index contributed by atoms with van der Waals surface area (Å²) in [6, 6.07) is 6.09. The summed E-state index contributed by atoms with van der Waals surface area (Å²) in [4.78, 5) is 14.2. The Hall–Kier alpha value is -1.45. The van der Waals surface area contributed by atoms with Crippen molar-refractivity contribution in [2.75, 3.05) is 31.2 Å². The van der Waals surface area contributed by atoms with Gasteiger partial charge in [0.15, 0.2) is 19.7 Å². The minimum absolute atomic E-state index is 0.114. The Morgan fingerprint density at radius 3 is 2.39 bits per heavy atom. The number of carbonyl (C=O) groups excluding carboxylic acids is 1. The summed E-state index contributed by atoms with van der Waals surface area (Å²) in [6.07, 6.45) is 1.37. The molecular formula is C22H33NO6S2. The molecule has 0 radical (unpaired) electrons. The zero-order valence-electron chi connectivity index (χ0n) is 18.7. The van der Waals surface area contributed by atoms with Gasteiger partial charge in [-0.3, -0.25) is 9.69 Å². The van der Waals surface area contributed by atoms with E-state index in [9.17, 15) is 21.6 Å². The lowest BCUT2D eigenvalue weighted by molar-refractivity contribution is -0.150. The van der Waals surface area contributed by atoms with Crippen molar-refractivity contribution in [1.29, 1.82) is 0 Å². The highest BCUT2D eigenvalue weighted by Gasteiger charge is 2.49. The summed E-state index contributed by atoms with van der Waals surface area (Å²) >= 11 is 0. The van der Waals surface area contributed by atoms with E-state index < -0.39 is 31.0 Å². The second-order valence-electron chi connectivity index (χ2n) is 9.59. The quantitative estimate of drug-likeness (QED) is 0.607. The minimum Gasteiger partial charge on any atom is -0.466 e. The predicted molar refractivity (Wildman–Crippen MR) is 119 cm³/mol. The Bertz CT molecular complexity index is 1010. The highest BCUT2D eigenvalue weighted by atomic mass is 32.2. The maximum absolute atomic E-state index is 13.5. The molecule has 0 N–H and O–H groups in total. The molecule has 174 valence electrons. The van der Waals surface area contributed by atoms with E-state index in [1.165, 1.54) is 0 Å². The third-order valence-electron chi connectivity index (χ3n) is 6.26. The van der Waals surface area contributed by atoms with Gasteiger partial charge in [0.25, 0.3) is 0 Å². The van der Waals surface area contributed by atoms with Crippen molar-refractivity contribution in [1.82, 2.24) is 4.90 Å². The fourth-order valence-electron chi connectivity index (χ4n) is 4.51. The van der Waals surface area contributed by atoms with Crippen molar-refractivity contribution >= 4 is 25.6 Å². The Morgan fingerprint density at radius 1 is 1.16 bits per heavy atom. The van der Waals surface area contributed by atoms with Gasteiger partial charge in [0.2, 0.25) is 0 Å². The lowest BCUT2D eigenvalue weighted by Gasteiger charge is -2.37. The number of piperidine rings is 1. The average Bonchev–Trinajstić information content (AvgIpc) is 3.04. The third-order valence-corrected chi connectivity index (χ3v) is 10.4. The summed E-state index contributed by atoms with van der Waals surface area (Å²) < 4.78 is 57.1. The molecule has 2 aliphatic rings. The Balaban J connectivity index is 1.88. The lowest BCUT2D eigenvalue weighted by atomic mass is 9.87. The van der Waals surface area contributed by atoms with Gasteiger partial charge in [0, 0.05) is 12.6 Å². The first-order valence-electron chi connectivity index (χ1n) is 10.8. The second kappa shape index (κ2) is 8.83. The van der Waals surface area contributed by atoms with Gasteiger partial charge in [-0.05, 0) is 49.4 Å². The van der Waals surface area contributed by atoms with Crippen LogP contribution in [0.2, 0.25) is 0 Å². The van der Waals surface area contributed by atoms with Crippen LogP contribution >= 0.6 is 0 Å². The van der Waals surface area contributed by atoms with Crippen LogP contribution in [0.25, 0.3) is 0 Å². The van der Waals surface area contributed by atoms with Gasteiger partial charge in [-0.25, -0.2) is 16.8 Å². The van der Waals surface area contributed by atoms with Crippen LogP contribution in [0.5, 0.6) is 0 Å². The van der Waals surface area contributed by atoms with E-state index in [0.29, 0.717) is 25.9 Å². The van der Waals surface area contributed by atoms with Gasteiger partial charge in [-0.2, -0.15) is 0 Å². The van der Waals surface area contributed by atoms with Gasteiger partial charge in [-0.1, -0.05) is 32.9 Å². The normalized spacial score (nSPS) is 27.2. The molecule has 1 unspecified atom stereocenters. The number of hydrogen-bond acceptors (Lipinski definition) is 7. The number of hydrogen-bond donors (Lipinski definition) is 0. The second-order valence-corrected chi connectivity index (χ2v) is 13.9. The fourth-order valence-corrected chi connectivity index (χ4v) is 9.34. The van der Waals surface area contributed by atoms with E-state index in [4.69, 9.17) is 4.74 Å². The van der Waals surface area contributed by atoms with Crippen LogP contribution in [0, 0.1) is 5.92 Å². The lowest BCUT2D eigenvalue weighted by Crippen LogP contribution is -2.51. The molecule has 1 aromatic carbocycles. The molecule has 3 rings (SSSR count). The number of esters is 1. The van der Waals surface area contributed by atoms with E-state index in [1.807, 2.05) is 25.7 Å². The van der Waals surface area contributed by atoms with Crippen molar-refractivity contribution in [3.8, 4) is 0 Å². The fraction of sp³-hybridized carbons (Fsp3) is 0.682. The molecule has 2 heterocycles. The zero-order chi connectivity index (χ0) is 23.0. The maximum atomic E-state index is 13.5. The number of carbonyl (C=O) groups is 1. The van der Waals surface area contributed by atoms with Crippen LogP contribution in [0.3, 0.4) is 0 Å². The third kappa shape index (κ3) is 5.31. The van der Waals surface area contributed by atoms with Gasteiger partial charge in [0.05, 0.1) is 34.2 Å². The largest absolute Gasteiger partial charge is 0.466 e. The molecule has 2 fully saturated rings. The summed E-state index contributed by atoms with van der Waals surface area (Å²) in [5.74, 6) is -1.25. The molecule has 2 saturated heterocycles. The van der Waals surface area contributed by atoms with Crippen LogP contribution in [0.1, 0.15) is 46.1 Å². The monoisotopic (exact) mass is 471 g/mol. The first kappa shape index (κ1) is 24.2. The van der Waals surface area contributed by atoms with Crippen molar-refractivity contribution in [2.24, 2.45) is 5.92 Å². The van der Waals surface area contributed by atoms with Crippen LogP contribution in [-0.2, 0) is 34.6 Å². The van der Waals surface area contributed by atoms with E-state index >= 15 is 0 Å². The van der Waals surface area contributed by atoms with Gasteiger partial charge in [0.1, 0.15) is 0 Å². The average molecular weight is 472 g/mol. The molecule has 9 heteroatoms. The molecule has 7 nitrogen and oxygen atoms in total. The number of benzene rings is 1. The Kier molecular flexibility index (Phi) is 6.89. The van der Waals surface area contributed by atoms with E-state index in [0.717, 1.165) is 5.56 Å². The zero-order valence-corrected chi connectivity index (χ0v) is 20.3. The van der Waals surface area contributed by atoms with E-state index in [1.54, 1.807) is 31.2 Å². The van der Waals surface area contributed by atoms with E-state index in [-0.39, 0.29) is 40.3 Å². The minimum atomic E-state index is -3.86. The molecule has 1 aromatic rings. The molecule has 2 aliphatic heterocycles. The number of nitrogens with zero attached hydrogens (tertiary/aromatic N) is 1. The smallest absolute Gasteiger partial charge is 0.310 e. The molecule has 0 amide bonds. The van der Waals surface area contributed by atoms with Crippen molar-refractivity contribution < 1.29 is 26.4 Å². The Labute approximate surface area is 186 Å². The van der Waals surface area contributed by atoms with Crippen molar-refractivity contribution in [2.45, 2.75) is 62.1 Å². The predicted octanol–water partition coefficient (Wildman–Crippen LogP) is 2.20. The SMILES string of the molecule is CCOC(=O)C1CCCN([C@H]2CS(=O)(=O)C[C@@H]2S(=O)(=O)c2ccc(C(C)(C)C)cc2)C1. The number of sulfone groups is 2. The summed E-state index contributed by atoms with van der Waals surface area (Å²) in [6.45, 7) is 9.08. The molecule has 0 spiro atoms. The molecule has 31 heavy (non-hydrogen) atoms. The highest BCUT2D eigenvalue weighted by Crippen LogP contribution is 2.33. The number of likely N-dealkylation sites (tertiary alicyclic amines) is 1. The van der Waals surface area contributed by atoms with Crippen molar-refractivity contribution in [3.05, 3.63) is 29.8 Å². The van der Waals surface area contributed by atoms with Crippen LogP contribution in [-0.4, -0.2) is 70.2 Å². The molecule has 0 aromatic heterocycles. The standard InChI is InChI=1S/C22H33NO6S2/c1-5-29-21(24)16-7-6-12-23(13-16)19-14-30(25,26)15-20(19)31(27,28)18-10-8-17(9-11-18)22(2,3)4/h8-11,16,19-20H,5-7,12-15H2,1-4H3/t16?,19-,20-/m0/s1. The number of rotatable bonds is 5. The van der Waals surface area contributed by atoms with Gasteiger partial charge in [-0.15, -0.1) is 0 Å². The summed E-state index contributed by atoms with van der Waals surface area (Å²) in [7, 11) is -7.36. The van der Waals surface area contributed by atoms with Crippen LogP contribution < -0.4 is 0 Å². The summed E-state index contributed by atoms with van der Waals surface area (Å²) in [5.41, 5.74) is 0.896. The highest BCUT2D eigenvalue weighted by molar-refractivity contribution is 7.96. The van der Waals surface area contributed by atoms with Crippen LogP contribution in [0.15, 0.2) is 29.2 Å². The first-order chi connectivity index (χ1) is 14.3. The van der Waals surface area contributed by atoms with E-state index in [2.05, 4.69) is 0 Å². The molecular weight excluding hydrogens is 438 g/mol. The summed E-state index contributed by atoms with van der Waals surface area (Å²) in [5, 5.41) is -1.04.